The molecule has 1 aliphatic carbocycles. The molecule has 7 heteroatoms. The molecule has 1 N–H and O–H groups in total. The van der Waals surface area contributed by atoms with Crippen LogP contribution in [-0.2, 0) is 4.79 Å². The zero-order valence-electron chi connectivity index (χ0n) is 11.5. The summed E-state index contributed by atoms with van der Waals surface area (Å²) in [5.41, 5.74) is -1.68. The summed E-state index contributed by atoms with van der Waals surface area (Å²) in [6.45, 7) is 0. The first-order valence-electron chi connectivity index (χ1n) is 6.83. The standard InChI is InChI=1S/C14H17F3N2O2/c15-14(16,17)5-4-13(8-18,9-19)7-10-2-1-3-11(6-10)12(20)21/h10-11H,1-7H2,(H,20,21). The molecule has 1 saturated carbocycles. The number of carboxylic acid groups (broad SMARTS) is 1. The van der Waals surface area contributed by atoms with E-state index >= 15 is 0 Å². The van der Waals surface area contributed by atoms with E-state index in [0.717, 1.165) is 0 Å². The van der Waals surface area contributed by atoms with E-state index in [1.807, 2.05) is 0 Å². The largest absolute Gasteiger partial charge is 0.481 e. The van der Waals surface area contributed by atoms with Gasteiger partial charge in [0.2, 0.25) is 0 Å². The Kier molecular flexibility index (Phi) is 5.60. The summed E-state index contributed by atoms with van der Waals surface area (Å²) in [5.74, 6) is -1.64. The Morgan fingerprint density at radius 3 is 2.29 bits per heavy atom. The first-order valence-corrected chi connectivity index (χ1v) is 6.83. The molecule has 1 rings (SSSR count). The fourth-order valence-electron chi connectivity index (χ4n) is 2.88. The van der Waals surface area contributed by atoms with Gasteiger partial charge in [0.1, 0.15) is 5.41 Å². The van der Waals surface area contributed by atoms with Crippen molar-refractivity contribution >= 4 is 5.97 Å². The quantitative estimate of drug-likeness (QED) is 0.840. The third kappa shape index (κ3) is 5.26. The van der Waals surface area contributed by atoms with Gasteiger partial charge in [-0.3, -0.25) is 4.79 Å². The summed E-state index contributed by atoms with van der Waals surface area (Å²) in [6.07, 6.45) is -3.95. The lowest BCUT2D eigenvalue weighted by molar-refractivity contribution is -0.143. The topological polar surface area (TPSA) is 84.9 Å². The maximum atomic E-state index is 12.3. The van der Waals surface area contributed by atoms with Gasteiger partial charge >= 0.3 is 12.1 Å². The summed E-state index contributed by atoms with van der Waals surface area (Å²) < 4.78 is 36.9. The molecule has 0 saturated heterocycles. The maximum Gasteiger partial charge on any atom is 0.389 e. The van der Waals surface area contributed by atoms with Gasteiger partial charge in [0.15, 0.2) is 0 Å². The van der Waals surface area contributed by atoms with Crippen molar-refractivity contribution in [2.45, 2.75) is 51.1 Å². The van der Waals surface area contributed by atoms with Gasteiger partial charge in [-0.2, -0.15) is 23.7 Å². The molecule has 0 radical (unpaired) electrons. The molecule has 1 aliphatic rings. The second-order valence-electron chi connectivity index (χ2n) is 5.69. The molecule has 2 unspecified atom stereocenters. The van der Waals surface area contributed by atoms with Gasteiger partial charge in [0.25, 0.3) is 0 Å². The van der Waals surface area contributed by atoms with E-state index in [2.05, 4.69) is 0 Å². The minimum Gasteiger partial charge on any atom is -0.481 e. The van der Waals surface area contributed by atoms with E-state index in [9.17, 15) is 18.0 Å². The van der Waals surface area contributed by atoms with Crippen LogP contribution in [0.15, 0.2) is 0 Å². The molecule has 0 aromatic heterocycles. The van der Waals surface area contributed by atoms with E-state index in [0.29, 0.717) is 25.7 Å². The van der Waals surface area contributed by atoms with Crippen LogP contribution in [0.4, 0.5) is 13.2 Å². The third-order valence-corrected chi connectivity index (χ3v) is 4.03. The van der Waals surface area contributed by atoms with E-state index in [-0.39, 0.29) is 12.3 Å². The van der Waals surface area contributed by atoms with E-state index < -0.39 is 36.3 Å². The molecule has 4 nitrogen and oxygen atoms in total. The number of aliphatic carboxylic acids is 1. The van der Waals surface area contributed by atoms with Crippen LogP contribution in [0.1, 0.15) is 44.9 Å². The van der Waals surface area contributed by atoms with Crippen LogP contribution in [0.5, 0.6) is 0 Å². The fourth-order valence-corrected chi connectivity index (χ4v) is 2.88. The van der Waals surface area contributed by atoms with Crippen molar-refractivity contribution in [1.29, 1.82) is 10.5 Å². The number of nitrogens with zero attached hydrogens (tertiary/aromatic N) is 2. The molecule has 21 heavy (non-hydrogen) atoms. The van der Waals surface area contributed by atoms with Gasteiger partial charge in [-0.15, -0.1) is 0 Å². The van der Waals surface area contributed by atoms with Crippen LogP contribution in [-0.4, -0.2) is 17.3 Å². The minimum absolute atomic E-state index is 0.0138. The molecular weight excluding hydrogens is 285 g/mol. The highest BCUT2D eigenvalue weighted by atomic mass is 19.4. The smallest absolute Gasteiger partial charge is 0.389 e. The van der Waals surface area contributed by atoms with Crippen molar-refractivity contribution in [2.75, 3.05) is 0 Å². The molecule has 0 spiro atoms. The number of halogens is 3. The average molecular weight is 302 g/mol. The predicted molar refractivity (Wildman–Crippen MR) is 66.6 cm³/mol. The molecule has 0 amide bonds. The first-order chi connectivity index (χ1) is 9.71. The average Bonchev–Trinajstić information content (AvgIpc) is 2.43. The second-order valence-corrected chi connectivity index (χ2v) is 5.69. The van der Waals surface area contributed by atoms with Crippen molar-refractivity contribution in [3.05, 3.63) is 0 Å². The summed E-state index contributed by atoms with van der Waals surface area (Å²) >= 11 is 0. The van der Waals surface area contributed by atoms with Crippen molar-refractivity contribution < 1.29 is 23.1 Å². The van der Waals surface area contributed by atoms with Gasteiger partial charge in [0, 0.05) is 6.42 Å². The first kappa shape index (κ1) is 17.3. The zero-order valence-corrected chi connectivity index (χ0v) is 11.5. The Hall–Kier alpha value is -1.76. The van der Waals surface area contributed by atoms with E-state index in [1.165, 1.54) is 0 Å². The second kappa shape index (κ2) is 6.80. The summed E-state index contributed by atoms with van der Waals surface area (Å²) in [5, 5.41) is 27.2. The number of hydrogen-bond donors (Lipinski definition) is 1. The minimum atomic E-state index is -4.41. The normalized spacial score (nSPS) is 23.1. The van der Waals surface area contributed by atoms with Crippen LogP contribution in [0.2, 0.25) is 0 Å². The highest BCUT2D eigenvalue weighted by Crippen LogP contribution is 2.40. The number of nitriles is 2. The van der Waals surface area contributed by atoms with Gasteiger partial charge in [-0.05, 0) is 31.6 Å². The zero-order chi connectivity index (χ0) is 16.1. The Bertz CT molecular complexity index is 448. The molecule has 0 aromatic rings. The Morgan fingerprint density at radius 1 is 1.19 bits per heavy atom. The summed E-state index contributed by atoms with van der Waals surface area (Å²) in [7, 11) is 0. The number of carboxylic acids is 1. The molecule has 2 atom stereocenters. The lowest BCUT2D eigenvalue weighted by Gasteiger charge is -2.30. The molecule has 116 valence electrons. The van der Waals surface area contributed by atoms with Crippen LogP contribution in [0, 0.1) is 39.9 Å². The highest BCUT2D eigenvalue weighted by Gasteiger charge is 2.40. The predicted octanol–water partition coefficient (Wildman–Crippen LogP) is 3.64. The summed E-state index contributed by atoms with van der Waals surface area (Å²) in [6, 6.07) is 3.44. The molecule has 0 aliphatic heterocycles. The number of alkyl halides is 3. The van der Waals surface area contributed by atoms with Crippen molar-refractivity contribution in [1.82, 2.24) is 0 Å². The molecule has 0 bridgehead atoms. The van der Waals surface area contributed by atoms with Gasteiger partial charge in [0.05, 0.1) is 18.1 Å². The van der Waals surface area contributed by atoms with Crippen molar-refractivity contribution in [3.8, 4) is 12.1 Å². The number of hydrogen-bond acceptors (Lipinski definition) is 3. The van der Waals surface area contributed by atoms with Crippen LogP contribution in [0.3, 0.4) is 0 Å². The third-order valence-electron chi connectivity index (χ3n) is 4.03. The maximum absolute atomic E-state index is 12.3. The lowest BCUT2D eigenvalue weighted by Crippen LogP contribution is -2.28. The van der Waals surface area contributed by atoms with Crippen LogP contribution >= 0.6 is 0 Å². The monoisotopic (exact) mass is 302 g/mol. The van der Waals surface area contributed by atoms with Gasteiger partial charge in [-0.25, -0.2) is 0 Å². The van der Waals surface area contributed by atoms with Crippen molar-refractivity contribution in [3.63, 3.8) is 0 Å². The Balaban J connectivity index is 2.72. The highest BCUT2D eigenvalue weighted by molar-refractivity contribution is 5.70. The summed E-state index contributed by atoms with van der Waals surface area (Å²) in [4.78, 5) is 11.0. The van der Waals surface area contributed by atoms with Gasteiger partial charge < -0.3 is 5.11 Å². The van der Waals surface area contributed by atoms with Crippen LogP contribution in [0.25, 0.3) is 0 Å². The lowest BCUT2D eigenvalue weighted by atomic mass is 9.71. The molecule has 1 fully saturated rings. The number of rotatable bonds is 5. The fraction of sp³-hybridized carbons (Fsp3) is 0.786. The number of carbonyl (C=O) groups is 1. The molecule has 0 heterocycles. The van der Waals surface area contributed by atoms with Crippen molar-refractivity contribution in [2.24, 2.45) is 17.3 Å². The van der Waals surface area contributed by atoms with E-state index in [4.69, 9.17) is 15.6 Å². The Labute approximate surface area is 121 Å². The molecule has 0 aromatic carbocycles. The Morgan fingerprint density at radius 2 is 1.81 bits per heavy atom. The van der Waals surface area contributed by atoms with Gasteiger partial charge in [-0.1, -0.05) is 12.8 Å². The van der Waals surface area contributed by atoms with Crippen LogP contribution < -0.4 is 0 Å². The SMILES string of the molecule is N#CC(C#N)(CCC(F)(F)F)CC1CCCC(C(=O)O)C1. The molecular formula is C14H17F3N2O2. The van der Waals surface area contributed by atoms with E-state index in [1.54, 1.807) is 12.1 Å².